The zero-order chi connectivity index (χ0) is 11.5. The number of hydrogen-bond donors (Lipinski definition) is 1. The average Bonchev–Trinajstić information content (AvgIpc) is 2.64. The van der Waals surface area contributed by atoms with Gasteiger partial charge in [-0.05, 0) is 31.0 Å². The molecule has 16 heavy (non-hydrogen) atoms. The van der Waals surface area contributed by atoms with Crippen LogP contribution >= 0.6 is 11.3 Å². The molecule has 0 saturated carbocycles. The molecule has 1 unspecified atom stereocenters. The Morgan fingerprint density at radius 2 is 2.25 bits per heavy atom. The summed E-state index contributed by atoms with van der Waals surface area (Å²) in [5, 5.41) is 3.16. The lowest BCUT2D eigenvalue weighted by atomic mass is 10.0. The fourth-order valence-electron chi connectivity index (χ4n) is 1.70. The third-order valence-corrected chi connectivity index (χ3v) is 3.40. The molecule has 0 spiro atoms. The fourth-order valence-corrected chi connectivity index (χ4v) is 2.33. The molecule has 0 aliphatic heterocycles. The zero-order valence-corrected chi connectivity index (χ0v) is 10.3. The van der Waals surface area contributed by atoms with Crippen LogP contribution in [0.4, 0.5) is 0 Å². The Labute approximate surface area is 99.4 Å². The third kappa shape index (κ3) is 2.46. The van der Waals surface area contributed by atoms with Gasteiger partial charge in [0.15, 0.2) is 0 Å². The van der Waals surface area contributed by atoms with Crippen molar-refractivity contribution in [2.45, 2.75) is 26.3 Å². The van der Waals surface area contributed by atoms with Gasteiger partial charge in [-0.25, -0.2) is 4.98 Å². The third-order valence-electron chi connectivity index (χ3n) is 2.57. The Hall–Kier alpha value is -1.26. The first-order chi connectivity index (χ1) is 7.66. The standard InChI is InChI=1S/C12H15N3S/c1-8-3-4-14-6-11(8)12(13)5-10-7-16-9(2)15-10/h3-4,6-7,12H,5,13H2,1-2H3. The molecule has 84 valence electrons. The molecule has 2 aromatic heterocycles. The summed E-state index contributed by atoms with van der Waals surface area (Å²) in [7, 11) is 0. The number of aryl methyl sites for hydroxylation is 2. The van der Waals surface area contributed by atoms with E-state index in [9.17, 15) is 0 Å². The van der Waals surface area contributed by atoms with Gasteiger partial charge in [0.05, 0.1) is 10.7 Å². The van der Waals surface area contributed by atoms with E-state index in [2.05, 4.69) is 22.3 Å². The Morgan fingerprint density at radius 3 is 2.88 bits per heavy atom. The smallest absolute Gasteiger partial charge is 0.0897 e. The lowest BCUT2D eigenvalue weighted by Gasteiger charge is -2.12. The van der Waals surface area contributed by atoms with Crippen LogP contribution in [-0.2, 0) is 6.42 Å². The molecule has 2 aromatic rings. The van der Waals surface area contributed by atoms with Crippen LogP contribution in [0.25, 0.3) is 0 Å². The maximum atomic E-state index is 6.16. The van der Waals surface area contributed by atoms with Gasteiger partial charge in [0.25, 0.3) is 0 Å². The van der Waals surface area contributed by atoms with Gasteiger partial charge in [-0.3, -0.25) is 4.98 Å². The lowest BCUT2D eigenvalue weighted by Crippen LogP contribution is -2.15. The van der Waals surface area contributed by atoms with E-state index in [0.717, 1.165) is 22.7 Å². The summed E-state index contributed by atoms with van der Waals surface area (Å²) in [6, 6.07) is 1.97. The molecule has 2 heterocycles. The van der Waals surface area contributed by atoms with Crippen molar-refractivity contribution in [1.82, 2.24) is 9.97 Å². The van der Waals surface area contributed by atoms with Crippen molar-refractivity contribution in [3.63, 3.8) is 0 Å². The number of nitrogens with zero attached hydrogens (tertiary/aromatic N) is 2. The molecule has 2 rings (SSSR count). The van der Waals surface area contributed by atoms with E-state index < -0.39 is 0 Å². The second-order valence-electron chi connectivity index (χ2n) is 3.90. The zero-order valence-electron chi connectivity index (χ0n) is 9.47. The highest BCUT2D eigenvalue weighted by atomic mass is 32.1. The summed E-state index contributed by atoms with van der Waals surface area (Å²) in [6.45, 7) is 4.07. The summed E-state index contributed by atoms with van der Waals surface area (Å²) in [4.78, 5) is 8.54. The molecule has 0 saturated heterocycles. The Morgan fingerprint density at radius 1 is 1.44 bits per heavy atom. The van der Waals surface area contributed by atoms with Crippen LogP contribution in [0.15, 0.2) is 23.8 Å². The van der Waals surface area contributed by atoms with Crippen LogP contribution in [0.3, 0.4) is 0 Å². The average molecular weight is 233 g/mol. The van der Waals surface area contributed by atoms with E-state index >= 15 is 0 Å². The molecule has 0 radical (unpaired) electrons. The topological polar surface area (TPSA) is 51.8 Å². The highest BCUT2D eigenvalue weighted by molar-refractivity contribution is 7.09. The number of rotatable bonds is 3. The van der Waals surface area contributed by atoms with Crippen LogP contribution in [-0.4, -0.2) is 9.97 Å². The summed E-state index contributed by atoms with van der Waals surface area (Å²) in [6.07, 6.45) is 4.41. The second kappa shape index (κ2) is 4.72. The van der Waals surface area contributed by atoms with Gasteiger partial charge in [0.2, 0.25) is 0 Å². The lowest BCUT2D eigenvalue weighted by molar-refractivity contribution is 0.700. The Bertz CT molecular complexity index is 479. The predicted molar refractivity (Wildman–Crippen MR) is 66.5 cm³/mol. The molecule has 0 aliphatic rings. The molecule has 1 atom stereocenters. The van der Waals surface area contributed by atoms with Crippen LogP contribution in [0.2, 0.25) is 0 Å². The highest BCUT2D eigenvalue weighted by Gasteiger charge is 2.11. The van der Waals surface area contributed by atoms with Gasteiger partial charge in [-0.2, -0.15) is 0 Å². The van der Waals surface area contributed by atoms with Crippen molar-refractivity contribution in [3.8, 4) is 0 Å². The van der Waals surface area contributed by atoms with Gasteiger partial charge in [0.1, 0.15) is 0 Å². The van der Waals surface area contributed by atoms with Crippen molar-refractivity contribution in [3.05, 3.63) is 45.7 Å². The molecule has 0 fully saturated rings. The van der Waals surface area contributed by atoms with Crippen molar-refractivity contribution >= 4 is 11.3 Å². The second-order valence-corrected chi connectivity index (χ2v) is 4.96. The van der Waals surface area contributed by atoms with E-state index in [0.29, 0.717) is 0 Å². The number of nitrogens with two attached hydrogens (primary N) is 1. The Balaban J connectivity index is 2.14. The molecule has 0 amide bonds. The Kier molecular flexibility index (Phi) is 3.31. The summed E-state index contributed by atoms with van der Waals surface area (Å²) < 4.78 is 0. The monoisotopic (exact) mass is 233 g/mol. The van der Waals surface area contributed by atoms with E-state index in [1.54, 1.807) is 17.5 Å². The van der Waals surface area contributed by atoms with Gasteiger partial charge in [0, 0.05) is 30.2 Å². The van der Waals surface area contributed by atoms with E-state index in [1.165, 1.54) is 5.56 Å². The van der Waals surface area contributed by atoms with Crippen LogP contribution < -0.4 is 5.73 Å². The molecular formula is C12H15N3S. The SMILES string of the molecule is Cc1nc(CC(N)c2cnccc2C)cs1. The van der Waals surface area contributed by atoms with Gasteiger partial charge < -0.3 is 5.73 Å². The minimum Gasteiger partial charge on any atom is -0.324 e. The number of aromatic nitrogens is 2. The minimum absolute atomic E-state index is 0.0183. The van der Waals surface area contributed by atoms with E-state index in [4.69, 9.17) is 5.73 Å². The maximum Gasteiger partial charge on any atom is 0.0897 e. The number of pyridine rings is 1. The first kappa shape index (κ1) is 11.2. The van der Waals surface area contributed by atoms with Crippen LogP contribution in [0.1, 0.15) is 27.9 Å². The summed E-state index contributed by atoms with van der Waals surface area (Å²) in [5.74, 6) is 0. The minimum atomic E-state index is -0.0183. The van der Waals surface area contributed by atoms with Gasteiger partial charge in [-0.1, -0.05) is 0 Å². The largest absolute Gasteiger partial charge is 0.324 e. The normalized spacial score (nSPS) is 12.7. The first-order valence-electron chi connectivity index (χ1n) is 5.24. The van der Waals surface area contributed by atoms with Crippen molar-refractivity contribution in [2.24, 2.45) is 5.73 Å². The first-order valence-corrected chi connectivity index (χ1v) is 6.12. The molecular weight excluding hydrogens is 218 g/mol. The maximum absolute atomic E-state index is 6.16. The summed E-state index contributed by atoms with van der Waals surface area (Å²) in [5.41, 5.74) is 9.52. The molecule has 0 aliphatic carbocycles. The van der Waals surface area contributed by atoms with Crippen molar-refractivity contribution in [1.29, 1.82) is 0 Å². The molecule has 0 bridgehead atoms. The molecule has 4 heteroatoms. The van der Waals surface area contributed by atoms with Crippen LogP contribution in [0.5, 0.6) is 0 Å². The van der Waals surface area contributed by atoms with Crippen molar-refractivity contribution in [2.75, 3.05) is 0 Å². The quantitative estimate of drug-likeness (QED) is 0.885. The number of hydrogen-bond acceptors (Lipinski definition) is 4. The van der Waals surface area contributed by atoms with Crippen molar-refractivity contribution < 1.29 is 0 Å². The summed E-state index contributed by atoms with van der Waals surface area (Å²) >= 11 is 1.66. The molecule has 3 nitrogen and oxygen atoms in total. The fraction of sp³-hybridized carbons (Fsp3) is 0.333. The van der Waals surface area contributed by atoms with E-state index in [1.807, 2.05) is 19.2 Å². The molecule has 0 aromatic carbocycles. The highest BCUT2D eigenvalue weighted by Crippen LogP contribution is 2.19. The molecule has 2 N–H and O–H groups in total. The van der Waals surface area contributed by atoms with Crippen LogP contribution in [0, 0.1) is 13.8 Å². The predicted octanol–water partition coefficient (Wildman–Crippen LogP) is 2.40. The van der Waals surface area contributed by atoms with Gasteiger partial charge in [-0.15, -0.1) is 11.3 Å². The van der Waals surface area contributed by atoms with E-state index in [-0.39, 0.29) is 6.04 Å². The number of thiazole rings is 1. The van der Waals surface area contributed by atoms with Gasteiger partial charge >= 0.3 is 0 Å².